The number of anilines is 2. The molecule has 2 N–H and O–H groups in total. The molecule has 0 radical (unpaired) electrons. The molecule has 10 nitrogen and oxygen atoms in total. The van der Waals surface area contributed by atoms with E-state index in [-0.39, 0.29) is 11.6 Å². The number of methoxy groups -OCH3 is 1. The minimum atomic E-state index is -0.756. The van der Waals surface area contributed by atoms with E-state index in [4.69, 9.17) is 9.47 Å². The molecular formula is C26H23N5O5. The maximum absolute atomic E-state index is 12.5. The van der Waals surface area contributed by atoms with Gasteiger partial charge in [0, 0.05) is 11.3 Å². The lowest BCUT2D eigenvalue weighted by molar-refractivity contribution is -0.119. The molecule has 182 valence electrons. The Balaban J connectivity index is 1.30. The summed E-state index contributed by atoms with van der Waals surface area (Å²) >= 11 is 0. The van der Waals surface area contributed by atoms with Gasteiger partial charge in [0.1, 0.15) is 5.75 Å². The highest BCUT2D eigenvalue weighted by atomic mass is 16.5. The normalized spacial score (nSPS) is 10.4. The number of esters is 1. The van der Waals surface area contributed by atoms with Crippen LogP contribution >= 0.6 is 0 Å². The minimum absolute atomic E-state index is 0.0251. The zero-order valence-corrected chi connectivity index (χ0v) is 19.6. The van der Waals surface area contributed by atoms with Gasteiger partial charge in [-0.05, 0) is 55.5 Å². The van der Waals surface area contributed by atoms with Crippen LogP contribution in [0.5, 0.6) is 5.75 Å². The van der Waals surface area contributed by atoms with Gasteiger partial charge in [0.25, 0.3) is 11.8 Å². The average Bonchev–Trinajstić information content (AvgIpc) is 3.30. The highest BCUT2D eigenvalue weighted by Gasteiger charge is 2.19. The first kappa shape index (κ1) is 24.1. The molecule has 0 aliphatic rings. The summed E-state index contributed by atoms with van der Waals surface area (Å²) in [5, 5.41) is 13.8. The molecule has 0 bridgehead atoms. The summed E-state index contributed by atoms with van der Waals surface area (Å²) in [4.78, 5) is 38.5. The Labute approximate surface area is 206 Å². The molecule has 0 aliphatic carbocycles. The Bertz CT molecular complexity index is 1380. The van der Waals surface area contributed by atoms with Crippen LogP contribution in [0.2, 0.25) is 0 Å². The first-order valence-electron chi connectivity index (χ1n) is 11.0. The number of hydrogen-bond donors (Lipinski definition) is 2. The second-order valence-electron chi connectivity index (χ2n) is 7.62. The summed E-state index contributed by atoms with van der Waals surface area (Å²) in [6, 6.07) is 22.5. The summed E-state index contributed by atoms with van der Waals surface area (Å²) in [5.74, 6) is -1.08. The maximum Gasteiger partial charge on any atom is 0.361 e. The van der Waals surface area contributed by atoms with Gasteiger partial charge < -0.3 is 20.1 Å². The number of carbonyl (C=O) groups excluding carboxylic acids is 3. The summed E-state index contributed by atoms with van der Waals surface area (Å²) in [5.41, 5.74) is 2.47. The quantitative estimate of drug-likeness (QED) is 0.365. The monoisotopic (exact) mass is 485 g/mol. The first-order chi connectivity index (χ1) is 17.4. The first-order valence-corrected chi connectivity index (χ1v) is 11.0. The Kier molecular flexibility index (Phi) is 7.35. The number of nitrogens with zero attached hydrogens (tertiary/aromatic N) is 3. The number of aryl methyl sites for hydroxylation is 1. The number of ether oxygens (including phenoxy) is 2. The Hall–Kier alpha value is -4.99. The third-order valence-corrected chi connectivity index (χ3v) is 5.08. The van der Waals surface area contributed by atoms with Gasteiger partial charge in [-0.25, -0.2) is 4.79 Å². The number of amides is 2. The Morgan fingerprint density at radius 1 is 0.861 bits per heavy atom. The fourth-order valence-corrected chi connectivity index (χ4v) is 3.29. The van der Waals surface area contributed by atoms with Crippen molar-refractivity contribution in [3.8, 4) is 11.4 Å². The number of benzene rings is 3. The molecule has 4 aromatic rings. The van der Waals surface area contributed by atoms with Crippen molar-refractivity contribution in [2.24, 2.45) is 0 Å². The third-order valence-electron chi connectivity index (χ3n) is 5.08. The second kappa shape index (κ2) is 11.0. The molecule has 10 heteroatoms. The van der Waals surface area contributed by atoms with E-state index in [2.05, 4.69) is 20.8 Å². The van der Waals surface area contributed by atoms with Crippen LogP contribution in [0, 0.1) is 6.92 Å². The molecule has 1 aromatic heterocycles. The van der Waals surface area contributed by atoms with Crippen molar-refractivity contribution in [2.45, 2.75) is 6.92 Å². The molecule has 36 heavy (non-hydrogen) atoms. The van der Waals surface area contributed by atoms with Crippen LogP contribution in [0.25, 0.3) is 5.69 Å². The molecule has 4 rings (SSSR count). The van der Waals surface area contributed by atoms with E-state index in [0.717, 1.165) is 0 Å². The van der Waals surface area contributed by atoms with Crippen molar-refractivity contribution in [1.29, 1.82) is 0 Å². The smallest absolute Gasteiger partial charge is 0.361 e. The van der Waals surface area contributed by atoms with Crippen LogP contribution in [0.3, 0.4) is 0 Å². The van der Waals surface area contributed by atoms with Gasteiger partial charge in [-0.2, -0.15) is 9.90 Å². The van der Waals surface area contributed by atoms with Gasteiger partial charge in [0.2, 0.25) is 0 Å². The zero-order valence-electron chi connectivity index (χ0n) is 19.6. The number of aromatic nitrogens is 3. The van der Waals surface area contributed by atoms with Crippen LogP contribution in [0.15, 0.2) is 78.9 Å². The van der Waals surface area contributed by atoms with Gasteiger partial charge in [0.15, 0.2) is 12.3 Å². The van der Waals surface area contributed by atoms with Crippen LogP contribution in [-0.4, -0.2) is 46.5 Å². The van der Waals surface area contributed by atoms with E-state index in [1.807, 2.05) is 18.2 Å². The standard InChI is InChI=1S/C26H23N5O5/c1-17-24(30-31(29-17)20-8-4-3-5-9-20)26(34)36-16-23(32)27-19-14-12-18(13-15-19)25(33)28-21-10-6-7-11-22(21)35-2/h3-15H,16H2,1-2H3,(H,27,32)(H,28,33). The number of rotatable bonds is 8. The van der Waals surface area contributed by atoms with Gasteiger partial charge in [-0.15, -0.1) is 5.10 Å². The molecule has 0 aliphatic heterocycles. The molecule has 1 heterocycles. The van der Waals surface area contributed by atoms with Crippen LogP contribution in [0.1, 0.15) is 26.5 Å². The fourth-order valence-electron chi connectivity index (χ4n) is 3.29. The van der Waals surface area contributed by atoms with Crippen molar-refractivity contribution >= 4 is 29.2 Å². The van der Waals surface area contributed by atoms with E-state index >= 15 is 0 Å². The highest BCUT2D eigenvalue weighted by molar-refractivity contribution is 6.05. The van der Waals surface area contributed by atoms with Crippen molar-refractivity contribution in [2.75, 3.05) is 24.4 Å². The highest BCUT2D eigenvalue weighted by Crippen LogP contribution is 2.24. The fraction of sp³-hybridized carbons (Fsp3) is 0.115. The minimum Gasteiger partial charge on any atom is -0.495 e. The largest absolute Gasteiger partial charge is 0.495 e. The third kappa shape index (κ3) is 5.73. The molecule has 3 aromatic carbocycles. The molecule has 0 unspecified atom stereocenters. The molecule has 2 amide bonds. The van der Waals surface area contributed by atoms with Crippen molar-refractivity contribution in [3.05, 3.63) is 95.8 Å². The molecular weight excluding hydrogens is 462 g/mol. The topological polar surface area (TPSA) is 124 Å². The summed E-state index contributed by atoms with van der Waals surface area (Å²) in [7, 11) is 1.52. The van der Waals surface area contributed by atoms with Crippen LogP contribution in [-0.2, 0) is 9.53 Å². The van der Waals surface area contributed by atoms with Crippen molar-refractivity contribution in [3.63, 3.8) is 0 Å². The second-order valence-corrected chi connectivity index (χ2v) is 7.62. The van der Waals surface area contributed by atoms with E-state index in [9.17, 15) is 14.4 Å². The number of carbonyl (C=O) groups is 3. The van der Waals surface area contributed by atoms with Crippen LogP contribution < -0.4 is 15.4 Å². The SMILES string of the molecule is COc1ccccc1NC(=O)c1ccc(NC(=O)COC(=O)c2nn(-c3ccccc3)nc2C)cc1. The van der Waals surface area contributed by atoms with E-state index in [0.29, 0.717) is 34.1 Å². The predicted octanol–water partition coefficient (Wildman–Crippen LogP) is 3.63. The van der Waals surface area contributed by atoms with Crippen molar-refractivity contribution in [1.82, 2.24) is 15.0 Å². The molecule has 0 fully saturated rings. The Morgan fingerprint density at radius 3 is 2.28 bits per heavy atom. The van der Waals surface area contributed by atoms with Crippen molar-refractivity contribution < 1.29 is 23.9 Å². The van der Waals surface area contributed by atoms with E-state index < -0.39 is 18.5 Å². The number of nitrogens with one attached hydrogen (secondary N) is 2. The lowest BCUT2D eigenvalue weighted by Crippen LogP contribution is -2.21. The summed E-state index contributed by atoms with van der Waals surface area (Å²) in [6.45, 7) is 1.13. The summed E-state index contributed by atoms with van der Waals surface area (Å²) in [6.07, 6.45) is 0. The molecule has 0 saturated carbocycles. The van der Waals surface area contributed by atoms with Gasteiger partial charge in [0.05, 0.1) is 24.2 Å². The lowest BCUT2D eigenvalue weighted by atomic mass is 10.2. The predicted molar refractivity (Wildman–Crippen MR) is 132 cm³/mol. The van der Waals surface area contributed by atoms with Gasteiger partial charge >= 0.3 is 5.97 Å². The zero-order chi connectivity index (χ0) is 25.5. The van der Waals surface area contributed by atoms with Gasteiger partial charge in [-0.1, -0.05) is 30.3 Å². The Morgan fingerprint density at radius 2 is 1.56 bits per heavy atom. The lowest BCUT2D eigenvalue weighted by Gasteiger charge is -2.10. The van der Waals surface area contributed by atoms with Crippen LogP contribution in [0.4, 0.5) is 11.4 Å². The average molecular weight is 486 g/mol. The molecule has 0 atom stereocenters. The van der Waals surface area contributed by atoms with Gasteiger partial charge in [-0.3, -0.25) is 9.59 Å². The maximum atomic E-state index is 12.5. The van der Waals surface area contributed by atoms with E-state index in [1.165, 1.54) is 11.9 Å². The number of para-hydroxylation sites is 3. The number of hydrogen-bond acceptors (Lipinski definition) is 7. The molecule has 0 saturated heterocycles. The summed E-state index contributed by atoms with van der Waals surface area (Å²) < 4.78 is 10.3. The molecule has 0 spiro atoms. The van der Waals surface area contributed by atoms with E-state index in [1.54, 1.807) is 67.6 Å².